The summed E-state index contributed by atoms with van der Waals surface area (Å²) in [5.41, 5.74) is 0.514. The van der Waals surface area contributed by atoms with Gasteiger partial charge in [-0.2, -0.15) is 4.31 Å². The maximum Gasteiger partial charge on any atom is 0.256 e. The standard InChI is InChI=1S/C18H18FIN2O3S/c19-13-8-9-14(15(20)12-13)18(23)21-16-6-2-3-7-17(16)26(24,25)22-10-4-1-5-11-22/h2-3,6-9,12H,1,4-5,10-11H2,(H,21,23). The van der Waals surface area contributed by atoms with Crippen molar-refractivity contribution in [3.63, 3.8) is 0 Å². The molecule has 1 saturated heterocycles. The summed E-state index contributed by atoms with van der Waals surface area (Å²) in [6.45, 7) is 0.973. The Balaban J connectivity index is 1.91. The van der Waals surface area contributed by atoms with Crippen molar-refractivity contribution in [3.05, 3.63) is 57.4 Å². The summed E-state index contributed by atoms with van der Waals surface area (Å²) in [5, 5.41) is 2.66. The smallest absolute Gasteiger partial charge is 0.256 e. The molecule has 0 aromatic heterocycles. The minimum absolute atomic E-state index is 0.0763. The quantitative estimate of drug-likeness (QED) is 0.665. The number of hydrogen-bond acceptors (Lipinski definition) is 3. The molecule has 5 nitrogen and oxygen atoms in total. The van der Waals surface area contributed by atoms with Crippen molar-refractivity contribution >= 4 is 44.2 Å². The van der Waals surface area contributed by atoms with Gasteiger partial charge in [-0.05, 0) is 65.8 Å². The molecule has 0 bridgehead atoms. The summed E-state index contributed by atoms with van der Waals surface area (Å²) in [6, 6.07) is 10.2. The number of carbonyl (C=O) groups excluding carboxylic acids is 1. The minimum Gasteiger partial charge on any atom is -0.321 e. The molecule has 138 valence electrons. The zero-order chi connectivity index (χ0) is 18.7. The number of anilines is 1. The van der Waals surface area contributed by atoms with Gasteiger partial charge in [0.1, 0.15) is 10.7 Å². The number of hydrogen-bond donors (Lipinski definition) is 1. The van der Waals surface area contributed by atoms with Gasteiger partial charge in [0.05, 0.1) is 11.3 Å². The lowest BCUT2D eigenvalue weighted by Gasteiger charge is -2.26. The van der Waals surface area contributed by atoms with E-state index in [1.54, 1.807) is 18.2 Å². The number of benzene rings is 2. The molecule has 1 aliphatic heterocycles. The molecule has 0 aliphatic carbocycles. The van der Waals surface area contributed by atoms with Crippen LogP contribution in [0.4, 0.5) is 10.1 Å². The highest BCUT2D eigenvalue weighted by Crippen LogP contribution is 2.27. The van der Waals surface area contributed by atoms with Gasteiger partial charge in [-0.3, -0.25) is 4.79 Å². The fourth-order valence-corrected chi connectivity index (χ4v) is 5.29. The SMILES string of the molecule is O=C(Nc1ccccc1S(=O)(=O)N1CCCCC1)c1ccc(F)cc1I. The molecule has 1 fully saturated rings. The van der Waals surface area contributed by atoms with Gasteiger partial charge in [-0.1, -0.05) is 18.6 Å². The summed E-state index contributed by atoms with van der Waals surface area (Å²) in [7, 11) is -3.68. The van der Waals surface area contributed by atoms with E-state index in [0.717, 1.165) is 19.3 Å². The molecule has 26 heavy (non-hydrogen) atoms. The number of sulfonamides is 1. The van der Waals surface area contributed by atoms with Crippen molar-refractivity contribution < 1.29 is 17.6 Å². The lowest BCUT2D eigenvalue weighted by Crippen LogP contribution is -2.36. The Bertz CT molecular complexity index is 928. The predicted octanol–water partition coefficient (Wildman–Crippen LogP) is 3.86. The third kappa shape index (κ3) is 4.07. The molecule has 2 aromatic rings. The largest absolute Gasteiger partial charge is 0.321 e. The van der Waals surface area contributed by atoms with E-state index in [1.807, 2.05) is 22.6 Å². The Labute approximate surface area is 165 Å². The average Bonchev–Trinajstić information content (AvgIpc) is 2.62. The monoisotopic (exact) mass is 488 g/mol. The van der Waals surface area contributed by atoms with Gasteiger partial charge in [-0.15, -0.1) is 0 Å². The van der Waals surface area contributed by atoms with E-state index < -0.39 is 21.7 Å². The summed E-state index contributed by atoms with van der Waals surface area (Å²) >= 11 is 1.88. The Kier molecular flexibility index (Phi) is 5.93. The van der Waals surface area contributed by atoms with Crippen molar-refractivity contribution in [2.45, 2.75) is 24.2 Å². The van der Waals surface area contributed by atoms with Crippen molar-refractivity contribution in [1.82, 2.24) is 4.31 Å². The van der Waals surface area contributed by atoms with E-state index >= 15 is 0 Å². The molecular weight excluding hydrogens is 470 g/mol. The Morgan fingerprint density at radius 2 is 1.77 bits per heavy atom. The summed E-state index contributed by atoms with van der Waals surface area (Å²) < 4.78 is 41.1. The average molecular weight is 488 g/mol. The molecule has 0 atom stereocenters. The van der Waals surface area contributed by atoms with E-state index in [0.29, 0.717) is 16.7 Å². The van der Waals surface area contributed by atoms with Crippen LogP contribution in [-0.2, 0) is 10.0 Å². The van der Waals surface area contributed by atoms with Gasteiger partial charge < -0.3 is 5.32 Å². The van der Waals surface area contributed by atoms with Crippen LogP contribution in [0.25, 0.3) is 0 Å². The van der Waals surface area contributed by atoms with Crippen molar-refractivity contribution in [3.8, 4) is 0 Å². The molecule has 0 radical (unpaired) electrons. The molecule has 1 amide bonds. The maximum atomic E-state index is 13.2. The normalized spacial score (nSPS) is 15.6. The Morgan fingerprint density at radius 1 is 1.08 bits per heavy atom. The molecule has 1 aliphatic rings. The second kappa shape index (κ2) is 8.01. The molecule has 0 saturated carbocycles. The zero-order valence-corrected chi connectivity index (χ0v) is 16.9. The fraction of sp³-hybridized carbons (Fsp3) is 0.278. The van der Waals surface area contributed by atoms with Crippen LogP contribution in [0.2, 0.25) is 0 Å². The third-order valence-corrected chi connectivity index (χ3v) is 7.09. The first-order chi connectivity index (χ1) is 12.4. The Hall–Kier alpha value is -1.52. The third-order valence-electron chi connectivity index (χ3n) is 4.24. The van der Waals surface area contributed by atoms with Gasteiger partial charge in [0, 0.05) is 16.7 Å². The highest BCUT2D eigenvalue weighted by molar-refractivity contribution is 14.1. The van der Waals surface area contributed by atoms with Crippen molar-refractivity contribution in [2.24, 2.45) is 0 Å². The Morgan fingerprint density at radius 3 is 2.46 bits per heavy atom. The first-order valence-corrected chi connectivity index (χ1v) is 10.8. The second-order valence-electron chi connectivity index (χ2n) is 6.04. The zero-order valence-electron chi connectivity index (χ0n) is 13.9. The number of nitrogens with zero attached hydrogens (tertiary/aromatic N) is 1. The van der Waals surface area contributed by atoms with Crippen LogP contribution in [0.3, 0.4) is 0 Å². The second-order valence-corrected chi connectivity index (χ2v) is 9.11. The van der Waals surface area contributed by atoms with Gasteiger partial charge in [-0.25, -0.2) is 12.8 Å². The number of carbonyl (C=O) groups is 1. The van der Waals surface area contributed by atoms with Gasteiger partial charge in [0.2, 0.25) is 10.0 Å². The summed E-state index contributed by atoms with van der Waals surface area (Å²) in [5.74, 6) is -0.908. The van der Waals surface area contributed by atoms with Crippen LogP contribution in [0, 0.1) is 9.39 Å². The number of nitrogens with one attached hydrogen (secondary N) is 1. The van der Waals surface area contributed by atoms with E-state index in [-0.39, 0.29) is 16.1 Å². The maximum absolute atomic E-state index is 13.2. The van der Waals surface area contributed by atoms with Gasteiger partial charge in [0.15, 0.2) is 0 Å². The van der Waals surface area contributed by atoms with E-state index in [2.05, 4.69) is 5.32 Å². The van der Waals surface area contributed by atoms with Gasteiger partial charge >= 0.3 is 0 Å². The summed E-state index contributed by atoms with van der Waals surface area (Å²) in [4.78, 5) is 12.6. The first-order valence-electron chi connectivity index (χ1n) is 8.25. The molecule has 0 unspecified atom stereocenters. The highest BCUT2D eigenvalue weighted by atomic mass is 127. The van der Waals surface area contributed by atoms with Gasteiger partial charge in [0.25, 0.3) is 5.91 Å². The number of para-hydroxylation sites is 1. The molecule has 3 rings (SSSR count). The number of amides is 1. The van der Waals surface area contributed by atoms with Crippen LogP contribution >= 0.6 is 22.6 Å². The number of halogens is 2. The van der Waals surface area contributed by atoms with E-state index in [1.165, 1.54) is 28.6 Å². The molecule has 2 aromatic carbocycles. The first kappa shape index (κ1) is 19.2. The van der Waals surface area contributed by atoms with Crippen LogP contribution in [-0.4, -0.2) is 31.7 Å². The minimum atomic E-state index is -3.68. The molecule has 1 N–H and O–H groups in total. The summed E-state index contributed by atoms with van der Waals surface area (Å²) in [6.07, 6.45) is 2.69. The predicted molar refractivity (Wildman–Crippen MR) is 106 cm³/mol. The van der Waals surface area contributed by atoms with Crippen LogP contribution in [0.5, 0.6) is 0 Å². The highest BCUT2D eigenvalue weighted by Gasteiger charge is 2.28. The van der Waals surface area contributed by atoms with Crippen molar-refractivity contribution in [2.75, 3.05) is 18.4 Å². The molecular formula is C18H18FIN2O3S. The number of rotatable bonds is 4. The van der Waals surface area contributed by atoms with E-state index in [4.69, 9.17) is 0 Å². The molecule has 1 heterocycles. The van der Waals surface area contributed by atoms with Crippen molar-refractivity contribution in [1.29, 1.82) is 0 Å². The van der Waals surface area contributed by atoms with Crippen LogP contribution in [0.1, 0.15) is 29.6 Å². The lowest BCUT2D eigenvalue weighted by atomic mass is 10.2. The topological polar surface area (TPSA) is 66.5 Å². The fourth-order valence-electron chi connectivity index (χ4n) is 2.90. The van der Waals surface area contributed by atoms with Crippen LogP contribution < -0.4 is 5.32 Å². The van der Waals surface area contributed by atoms with Crippen LogP contribution in [0.15, 0.2) is 47.4 Å². The van der Waals surface area contributed by atoms with E-state index in [9.17, 15) is 17.6 Å². The lowest BCUT2D eigenvalue weighted by molar-refractivity contribution is 0.102. The molecule has 8 heteroatoms. The molecule has 0 spiro atoms. The number of piperidine rings is 1.